The van der Waals surface area contributed by atoms with Crippen LogP contribution in [0.25, 0.3) is 0 Å². The van der Waals surface area contributed by atoms with E-state index in [2.05, 4.69) is 5.32 Å². The lowest BCUT2D eigenvalue weighted by molar-refractivity contribution is 0.0666. The number of amides is 1. The number of nitrogens with zero attached hydrogens (tertiary/aromatic N) is 1. The maximum absolute atomic E-state index is 13.2. The Labute approximate surface area is 153 Å². The molecule has 1 aliphatic heterocycles. The first-order valence-corrected chi connectivity index (χ1v) is 8.60. The van der Waals surface area contributed by atoms with Crippen LogP contribution < -0.4 is 10.1 Å². The summed E-state index contributed by atoms with van der Waals surface area (Å²) in [6.45, 7) is 0.518. The third-order valence-electron chi connectivity index (χ3n) is 4.65. The lowest BCUT2D eigenvalue weighted by Gasteiger charge is -2.38. The molecule has 0 radical (unpaired) electrons. The fourth-order valence-electron chi connectivity index (χ4n) is 3.28. The zero-order valence-corrected chi connectivity index (χ0v) is 14.6. The van der Waals surface area contributed by atoms with Crippen LogP contribution in [0.1, 0.15) is 27.7 Å². The smallest absolute Gasteiger partial charge is 0.258 e. The zero-order chi connectivity index (χ0) is 17.9. The van der Waals surface area contributed by atoms with Gasteiger partial charge < -0.3 is 15.0 Å². The summed E-state index contributed by atoms with van der Waals surface area (Å²) in [7, 11) is 1.65. The third-order valence-corrected chi connectivity index (χ3v) is 4.65. The number of methoxy groups -OCH3 is 1. The highest BCUT2D eigenvalue weighted by Crippen LogP contribution is 2.34. The van der Waals surface area contributed by atoms with Gasteiger partial charge in [0.15, 0.2) is 0 Å². The molecule has 26 heavy (non-hydrogen) atoms. The van der Waals surface area contributed by atoms with E-state index >= 15 is 0 Å². The number of rotatable bonds is 4. The molecular formula is C22H20N2O2. The Balaban J connectivity index is 1.71. The number of carbonyl (C=O) groups is 1. The molecule has 1 amide bonds. The molecule has 1 atom stereocenters. The van der Waals surface area contributed by atoms with Crippen molar-refractivity contribution in [2.45, 2.75) is 12.7 Å². The van der Waals surface area contributed by atoms with E-state index in [1.807, 2.05) is 83.8 Å². The number of benzene rings is 3. The molecule has 0 spiro atoms. The molecule has 0 aromatic heterocycles. The summed E-state index contributed by atoms with van der Waals surface area (Å²) in [5, 5.41) is 3.52. The second-order valence-corrected chi connectivity index (χ2v) is 6.28. The van der Waals surface area contributed by atoms with Gasteiger partial charge in [0, 0.05) is 12.2 Å². The molecule has 1 aliphatic rings. The average Bonchev–Trinajstić information content (AvgIpc) is 2.71. The number of hydrogen-bond acceptors (Lipinski definition) is 3. The molecule has 3 aromatic carbocycles. The summed E-state index contributed by atoms with van der Waals surface area (Å²) in [6.07, 6.45) is -0.208. The second kappa shape index (κ2) is 6.92. The van der Waals surface area contributed by atoms with Gasteiger partial charge in [0.2, 0.25) is 0 Å². The Morgan fingerprint density at radius 1 is 0.923 bits per heavy atom. The summed E-state index contributed by atoms with van der Waals surface area (Å²) in [5.74, 6) is 0.839. The topological polar surface area (TPSA) is 41.6 Å². The van der Waals surface area contributed by atoms with Crippen molar-refractivity contribution in [1.82, 2.24) is 4.90 Å². The van der Waals surface area contributed by atoms with Gasteiger partial charge in [-0.2, -0.15) is 0 Å². The molecule has 0 bridgehead atoms. The van der Waals surface area contributed by atoms with Crippen molar-refractivity contribution in [3.8, 4) is 5.75 Å². The van der Waals surface area contributed by atoms with Crippen LogP contribution in [-0.4, -0.2) is 17.9 Å². The van der Waals surface area contributed by atoms with Gasteiger partial charge in [0.05, 0.1) is 12.7 Å². The van der Waals surface area contributed by atoms with E-state index in [4.69, 9.17) is 4.74 Å². The molecule has 4 rings (SSSR count). The SMILES string of the molecule is COc1ccc(CN2C(=O)c3ccccc3N[C@@H]2c2ccccc2)cc1. The maximum Gasteiger partial charge on any atom is 0.258 e. The third kappa shape index (κ3) is 3.02. The zero-order valence-electron chi connectivity index (χ0n) is 14.6. The number of ether oxygens (including phenoxy) is 1. The number of carbonyl (C=O) groups excluding carboxylic acids is 1. The molecule has 0 aliphatic carbocycles. The fourth-order valence-corrected chi connectivity index (χ4v) is 3.28. The van der Waals surface area contributed by atoms with E-state index in [-0.39, 0.29) is 12.1 Å². The Morgan fingerprint density at radius 3 is 2.35 bits per heavy atom. The molecule has 0 saturated carbocycles. The standard InChI is InChI=1S/C22H20N2O2/c1-26-18-13-11-16(12-14-18)15-24-21(17-7-3-2-4-8-17)23-20-10-6-5-9-19(20)22(24)25/h2-14,21,23H,15H2,1H3/t21-/m0/s1. The van der Waals surface area contributed by atoms with Crippen LogP contribution in [0.3, 0.4) is 0 Å². The Bertz CT molecular complexity index is 907. The van der Waals surface area contributed by atoms with E-state index in [0.29, 0.717) is 12.1 Å². The van der Waals surface area contributed by atoms with Gasteiger partial charge in [-0.15, -0.1) is 0 Å². The maximum atomic E-state index is 13.2. The summed E-state index contributed by atoms with van der Waals surface area (Å²) in [5.41, 5.74) is 3.69. The van der Waals surface area contributed by atoms with Gasteiger partial charge in [-0.25, -0.2) is 0 Å². The molecule has 0 fully saturated rings. The van der Waals surface area contributed by atoms with Crippen LogP contribution in [0.15, 0.2) is 78.9 Å². The molecule has 3 aromatic rings. The minimum Gasteiger partial charge on any atom is -0.497 e. The van der Waals surface area contributed by atoms with Gasteiger partial charge in [0.1, 0.15) is 11.9 Å². The molecule has 1 N–H and O–H groups in total. The van der Waals surface area contributed by atoms with Crippen LogP contribution in [0, 0.1) is 0 Å². The van der Waals surface area contributed by atoms with E-state index in [1.54, 1.807) is 7.11 Å². The lowest BCUT2D eigenvalue weighted by Crippen LogP contribution is -2.42. The lowest BCUT2D eigenvalue weighted by atomic mass is 10.0. The average molecular weight is 344 g/mol. The van der Waals surface area contributed by atoms with Crippen molar-refractivity contribution in [2.75, 3.05) is 12.4 Å². The van der Waals surface area contributed by atoms with E-state index in [1.165, 1.54) is 0 Å². The van der Waals surface area contributed by atoms with Crippen LogP contribution >= 0.6 is 0 Å². The van der Waals surface area contributed by atoms with Crippen molar-refractivity contribution < 1.29 is 9.53 Å². The quantitative estimate of drug-likeness (QED) is 0.760. The number of para-hydroxylation sites is 1. The fraction of sp³-hybridized carbons (Fsp3) is 0.136. The summed E-state index contributed by atoms with van der Waals surface area (Å²) in [4.78, 5) is 15.1. The summed E-state index contributed by atoms with van der Waals surface area (Å²) >= 11 is 0. The van der Waals surface area contributed by atoms with Crippen molar-refractivity contribution in [2.24, 2.45) is 0 Å². The Morgan fingerprint density at radius 2 is 1.62 bits per heavy atom. The van der Waals surface area contributed by atoms with Crippen LogP contribution in [0.5, 0.6) is 5.75 Å². The molecule has 4 heteroatoms. The molecule has 0 unspecified atom stereocenters. The predicted molar refractivity (Wildman–Crippen MR) is 102 cm³/mol. The normalized spacial score (nSPS) is 16.0. The Hall–Kier alpha value is -3.27. The van der Waals surface area contributed by atoms with Crippen LogP contribution in [0.4, 0.5) is 5.69 Å². The summed E-state index contributed by atoms with van der Waals surface area (Å²) < 4.78 is 5.22. The van der Waals surface area contributed by atoms with E-state index in [0.717, 1.165) is 22.6 Å². The van der Waals surface area contributed by atoms with E-state index < -0.39 is 0 Å². The first-order chi connectivity index (χ1) is 12.8. The highest BCUT2D eigenvalue weighted by molar-refractivity contribution is 6.01. The molecule has 0 saturated heterocycles. The molecular weight excluding hydrogens is 324 g/mol. The first kappa shape index (κ1) is 16.2. The van der Waals surface area contributed by atoms with Gasteiger partial charge >= 0.3 is 0 Å². The van der Waals surface area contributed by atoms with Crippen molar-refractivity contribution in [1.29, 1.82) is 0 Å². The van der Waals surface area contributed by atoms with E-state index in [9.17, 15) is 4.79 Å². The molecule has 4 nitrogen and oxygen atoms in total. The van der Waals surface area contributed by atoms with Crippen LogP contribution in [0.2, 0.25) is 0 Å². The monoisotopic (exact) mass is 344 g/mol. The minimum atomic E-state index is -0.208. The van der Waals surface area contributed by atoms with Gasteiger partial charge in [-0.05, 0) is 35.4 Å². The highest BCUT2D eigenvalue weighted by Gasteiger charge is 2.32. The number of nitrogens with one attached hydrogen (secondary N) is 1. The first-order valence-electron chi connectivity index (χ1n) is 8.60. The van der Waals surface area contributed by atoms with Gasteiger partial charge in [0.25, 0.3) is 5.91 Å². The number of hydrogen-bond donors (Lipinski definition) is 1. The van der Waals surface area contributed by atoms with Crippen molar-refractivity contribution >= 4 is 11.6 Å². The largest absolute Gasteiger partial charge is 0.497 e. The highest BCUT2D eigenvalue weighted by atomic mass is 16.5. The molecule has 130 valence electrons. The van der Waals surface area contributed by atoms with Gasteiger partial charge in [-0.1, -0.05) is 54.6 Å². The minimum absolute atomic E-state index is 0.0315. The Kier molecular flexibility index (Phi) is 4.32. The van der Waals surface area contributed by atoms with Crippen LogP contribution in [-0.2, 0) is 6.54 Å². The number of fused-ring (bicyclic) bond motifs is 1. The second-order valence-electron chi connectivity index (χ2n) is 6.28. The van der Waals surface area contributed by atoms with Gasteiger partial charge in [-0.3, -0.25) is 4.79 Å². The predicted octanol–water partition coefficient (Wildman–Crippen LogP) is 4.46. The number of anilines is 1. The molecule has 1 heterocycles. The van der Waals surface area contributed by atoms with Crippen molar-refractivity contribution in [3.63, 3.8) is 0 Å². The van der Waals surface area contributed by atoms with Crippen molar-refractivity contribution in [3.05, 3.63) is 95.6 Å². The summed E-state index contributed by atoms with van der Waals surface area (Å²) in [6, 6.07) is 25.5.